The van der Waals surface area contributed by atoms with Gasteiger partial charge in [-0.3, -0.25) is 4.79 Å². The number of aryl methyl sites for hydroxylation is 1. The minimum absolute atomic E-state index is 0.333. The maximum Gasteiger partial charge on any atom is 0.331 e. The molecule has 5 nitrogen and oxygen atoms in total. The predicted octanol–water partition coefficient (Wildman–Crippen LogP) is 3.59. The van der Waals surface area contributed by atoms with Crippen LogP contribution in [-0.2, 0) is 14.3 Å². The van der Waals surface area contributed by atoms with Gasteiger partial charge in [-0.2, -0.15) is 0 Å². The smallest absolute Gasteiger partial charge is 0.331 e. The van der Waals surface area contributed by atoms with Crippen molar-refractivity contribution in [1.82, 2.24) is 0 Å². The third kappa shape index (κ3) is 6.51. The summed E-state index contributed by atoms with van der Waals surface area (Å²) in [5, 5.41) is 2.68. The molecule has 1 N–H and O–H groups in total. The molecule has 25 heavy (non-hydrogen) atoms. The van der Waals surface area contributed by atoms with Gasteiger partial charge in [-0.25, -0.2) is 4.79 Å². The first-order valence-corrected chi connectivity index (χ1v) is 8.01. The second-order valence-corrected chi connectivity index (χ2v) is 5.36. The van der Waals surface area contributed by atoms with Gasteiger partial charge in [0.1, 0.15) is 5.75 Å². The van der Waals surface area contributed by atoms with Crippen LogP contribution in [-0.4, -0.2) is 25.1 Å². The van der Waals surface area contributed by atoms with Crippen molar-refractivity contribution in [3.8, 4) is 5.75 Å². The number of anilines is 1. The molecule has 0 unspecified atom stereocenters. The molecule has 0 atom stereocenters. The highest BCUT2D eigenvalue weighted by molar-refractivity contribution is 5.94. The lowest BCUT2D eigenvalue weighted by Gasteiger charge is -2.06. The lowest BCUT2D eigenvalue weighted by Crippen LogP contribution is -2.20. The zero-order chi connectivity index (χ0) is 18.1. The quantitative estimate of drug-likeness (QED) is 0.618. The van der Waals surface area contributed by atoms with Crippen molar-refractivity contribution < 1.29 is 19.1 Å². The Morgan fingerprint density at radius 1 is 1.12 bits per heavy atom. The molecule has 0 fully saturated rings. The average molecular weight is 339 g/mol. The summed E-state index contributed by atoms with van der Waals surface area (Å²) in [6, 6.07) is 14.7. The van der Waals surface area contributed by atoms with Gasteiger partial charge in [0.2, 0.25) is 0 Å². The summed E-state index contributed by atoms with van der Waals surface area (Å²) < 4.78 is 10.3. The van der Waals surface area contributed by atoms with E-state index in [4.69, 9.17) is 9.47 Å². The number of benzene rings is 2. The summed E-state index contributed by atoms with van der Waals surface area (Å²) in [6.07, 6.45) is 2.91. The molecule has 1 amide bonds. The van der Waals surface area contributed by atoms with E-state index < -0.39 is 5.97 Å². The molecule has 0 aliphatic rings. The minimum Gasteiger partial charge on any atom is -0.494 e. The van der Waals surface area contributed by atoms with E-state index >= 15 is 0 Å². The highest BCUT2D eigenvalue weighted by Gasteiger charge is 2.05. The van der Waals surface area contributed by atoms with Crippen molar-refractivity contribution in [2.75, 3.05) is 18.5 Å². The molecule has 0 spiro atoms. The standard InChI is InChI=1S/C20H21NO4/c1-3-24-18-10-7-16(8-11-18)9-12-20(23)25-14-19(22)21-17-6-4-5-15(2)13-17/h4-13H,3,14H2,1-2H3,(H,21,22)/b12-9+. The van der Waals surface area contributed by atoms with Gasteiger partial charge in [0.15, 0.2) is 6.61 Å². The van der Waals surface area contributed by atoms with Gasteiger partial charge in [0.05, 0.1) is 6.61 Å². The molecule has 2 rings (SSSR count). The zero-order valence-corrected chi connectivity index (χ0v) is 14.3. The number of amides is 1. The van der Waals surface area contributed by atoms with E-state index in [1.165, 1.54) is 6.08 Å². The molecule has 0 saturated heterocycles. The Bertz CT molecular complexity index is 751. The summed E-state index contributed by atoms with van der Waals surface area (Å²) >= 11 is 0. The fraction of sp³-hybridized carbons (Fsp3) is 0.200. The lowest BCUT2D eigenvalue weighted by atomic mass is 10.2. The van der Waals surface area contributed by atoms with Crippen molar-refractivity contribution in [3.63, 3.8) is 0 Å². The summed E-state index contributed by atoms with van der Waals surface area (Å²) in [6.45, 7) is 4.12. The van der Waals surface area contributed by atoms with E-state index in [9.17, 15) is 9.59 Å². The monoisotopic (exact) mass is 339 g/mol. The molecule has 0 saturated carbocycles. The van der Waals surface area contributed by atoms with Crippen LogP contribution in [0.4, 0.5) is 5.69 Å². The Balaban J connectivity index is 1.78. The predicted molar refractivity (Wildman–Crippen MR) is 97.4 cm³/mol. The first-order chi connectivity index (χ1) is 12.1. The number of carbonyl (C=O) groups excluding carboxylic acids is 2. The molecule has 0 aliphatic carbocycles. The molecule has 2 aromatic carbocycles. The first-order valence-electron chi connectivity index (χ1n) is 8.01. The minimum atomic E-state index is -0.576. The topological polar surface area (TPSA) is 64.6 Å². The van der Waals surface area contributed by atoms with Crippen LogP contribution in [0.15, 0.2) is 54.6 Å². The second-order valence-electron chi connectivity index (χ2n) is 5.36. The van der Waals surface area contributed by atoms with Gasteiger partial charge in [0, 0.05) is 11.8 Å². The summed E-state index contributed by atoms with van der Waals surface area (Å²) in [4.78, 5) is 23.5. The fourth-order valence-corrected chi connectivity index (χ4v) is 2.11. The molecule has 0 aliphatic heterocycles. The van der Waals surface area contributed by atoms with Crippen molar-refractivity contribution in [2.45, 2.75) is 13.8 Å². The number of ether oxygens (including phenoxy) is 2. The largest absolute Gasteiger partial charge is 0.494 e. The van der Waals surface area contributed by atoms with Crippen LogP contribution < -0.4 is 10.1 Å². The maximum absolute atomic E-state index is 11.8. The van der Waals surface area contributed by atoms with Crippen molar-refractivity contribution in [3.05, 3.63) is 65.7 Å². The van der Waals surface area contributed by atoms with E-state index in [1.807, 2.05) is 56.3 Å². The van der Waals surface area contributed by atoms with Crippen LogP contribution in [0.3, 0.4) is 0 Å². The van der Waals surface area contributed by atoms with Gasteiger partial charge >= 0.3 is 5.97 Å². The van der Waals surface area contributed by atoms with E-state index in [-0.39, 0.29) is 12.5 Å². The number of carbonyl (C=O) groups is 2. The van der Waals surface area contributed by atoms with Gasteiger partial charge in [0.25, 0.3) is 5.91 Å². The van der Waals surface area contributed by atoms with Crippen LogP contribution in [0.25, 0.3) is 6.08 Å². The van der Waals surface area contributed by atoms with Crippen molar-refractivity contribution >= 4 is 23.6 Å². The molecular formula is C20H21NO4. The summed E-state index contributed by atoms with van der Waals surface area (Å²) in [5.41, 5.74) is 2.55. The van der Waals surface area contributed by atoms with Crippen LogP contribution in [0.1, 0.15) is 18.1 Å². The van der Waals surface area contributed by atoms with Crippen LogP contribution in [0.2, 0.25) is 0 Å². The van der Waals surface area contributed by atoms with Crippen LogP contribution >= 0.6 is 0 Å². The normalized spacial score (nSPS) is 10.5. The highest BCUT2D eigenvalue weighted by Crippen LogP contribution is 2.13. The third-order valence-corrected chi connectivity index (χ3v) is 3.25. The molecular weight excluding hydrogens is 318 g/mol. The SMILES string of the molecule is CCOc1ccc(/C=C/C(=O)OCC(=O)Nc2cccc(C)c2)cc1. The zero-order valence-electron chi connectivity index (χ0n) is 14.3. The summed E-state index contributed by atoms with van der Waals surface area (Å²) in [7, 11) is 0. The van der Waals surface area contributed by atoms with E-state index in [0.29, 0.717) is 12.3 Å². The van der Waals surface area contributed by atoms with Crippen LogP contribution in [0, 0.1) is 6.92 Å². The Morgan fingerprint density at radius 3 is 2.56 bits per heavy atom. The number of nitrogens with one attached hydrogen (secondary N) is 1. The number of hydrogen-bond acceptors (Lipinski definition) is 4. The Morgan fingerprint density at radius 2 is 1.88 bits per heavy atom. The lowest BCUT2D eigenvalue weighted by molar-refractivity contribution is -0.142. The Kier molecular flexibility index (Phi) is 6.77. The molecule has 0 heterocycles. The van der Waals surface area contributed by atoms with E-state index in [1.54, 1.807) is 12.1 Å². The molecule has 5 heteroatoms. The number of esters is 1. The number of rotatable bonds is 7. The third-order valence-electron chi connectivity index (χ3n) is 3.25. The highest BCUT2D eigenvalue weighted by atomic mass is 16.5. The van der Waals surface area contributed by atoms with Gasteiger partial charge in [-0.05, 0) is 55.3 Å². The van der Waals surface area contributed by atoms with Crippen LogP contribution in [0.5, 0.6) is 5.75 Å². The maximum atomic E-state index is 11.8. The fourth-order valence-electron chi connectivity index (χ4n) is 2.11. The average Bonchev–Trinajstić information content (AvgIpc) is 2.60. The van der Waals surface area contributed by atoms with Crippen molar-refractivity contribution in [2.24, 2.45) is 0 Å². The van der Waals surface area contributed by atoms with E-state index in [0.717, 1.165) is 16.9 Å². The van der Waals surface area contributed by atoms with E-state index in [2.05, 4.69) is 5.32 Å². The molecule has 130 valence electrons. The van der Waals surface area contributed by atoms with Gasteiger partial charge < -0.3 is 14.8 Å². The molecule has 0 radical (unpaired) electrons. The Hall–Kier alpha value is -3.08. The second kappa shape index (κ2) is 9.27. The molecule has 0 bridgehead atoms. The molecule has 0 aromatic heterocycles. The Labute approximate surface area is 147 Å². The van der Waals surface area contributed by atoms with Gasteiger partial charge in [-0.15, -0.1) is 0 Å². The van der Waals surface area contributed by atoms with Crippen molar-refractivity contribution in [1.29, 1.82) is 0 Å². The van der Waals surface area contributed by atoms with Gasteiger partial charge in [-0.1, -0.05) is 24.3 Å². The summed E-state index contributed by atoms with van der Waals surface area (Å²) in [5.74, 6) is -0.184. The number of hydrogen-bond donors (Lipinski definition) is 1. The molecule has 2 aromatic rings. The first kappa shape index (κ1) is 18.3.